The van der Waals surface area contributed by atoms with Gasteiger partial charge in [0.05, 0.1) is 16.8 Å². The summed E-state index contributed by atoms with van der Waals surface area (Å²) in [5.41, 5.74) is 8.92. The molecule has 17 heavy (non-hydrogen) atoms. The highest BCUT2D eigenvalue weighted by Gasteiger charge is 2.17. The second-order valence-corrected chi connectivity index (χ2v) is 4.60. The van der Waals surface area contributed by atoms with Crippen LogP contribution in [0.25, 0.3) is 0 Å². The molecule has 92 valence electrons. The minimum atomic E-state index is -0.293. The van der Waals surface area contributed by atoms with Gasteiger partial charge in [-0.05, 0) is 31.0 Å². The third kappa shape index (κ3) is 3.11. The van der Waals surface area contributed by atoms with E-state index in [-0.39, 0.29) is 12.0 Å². The van der Waals surface area contributed by atoms with Crippen molar-refractivity contribution in [1.82, 2.24) is 5.48 Å². The average Bonchev–Trinajstić information content (AvgIpc) is 2.82. The molecule has 4 nitrogen and oxygen atoms in total. The van der Waals surface area contributed by atoms with Crippen LogP contribution >= 0.6 is 11.6 Å². The maximum atomic E-state index is 11.7. The number of benzene rings is 1. The molecule has 0 unspecified atom stereocenters. The fourth-order valence-corrected chi connectivity index (χ4v) is 2.05. The van der Waals surface area contributed by atoms with Gasteiger partial charge in [0, 0.05) is 5.56 Å². The molecule has 0 saturated heterocycles. The largest absolute Gasteiger partial charge is 0.398 e. The molecule has 1 aliphatic rings. The van der Waals surface area contributed by atoms with Crippen molar-refractivity contribution in [2.24, 2.45) is 0 Å². The van der Waals surface area contributed by atoms with Crippen molar-refractivity contribution in [1.29, 1.82) is 0 Å². The lowest BCUT2D eigenvalue weighted by Crippen LogP contribution is -2.28. The number of anilines is 1. The topological polar surface area (TPSA) is 64.4 Å². The van der Waals surface area contributed by atoms with Crippen molar-refractivity contribution in [2.75, 3.05) is 5.73 Å². The molecule has 3 N–H and O–H groups in total. The fraction of sp³-hybridized carbons (Fsp3) is 0.417. The van der Waals surface area contributed by atoms with E-state index in [2.05, 4.69) is 5.48 Å². The highest BCUT2D eigenvalue weighted by molar-refractivity contribution is 6.33. The van der Waals surface area contributed by atoms with Gasteiger partial charge in [-0.1, -0.05) is 24.4 Å². The van der Waals surface area contributed by atoms with E-state index in [0.29, 0.717) is 16.3 Å². The van der Waals surface area contributed by atoms with Gasteiger partial charge >= 0.3 is 0 Å². The van der Waals surface area contributed by atoms with E-state index in [1.54, 1.807) is 12.1 Å². The molecule has 1 aliphatic carbocycles. The first-order valence-corrected chi connectivity index (χ1v) is 6.05. The number of carbonyl (C=O) groups excluding carboxylic acids is 1. The summed E-state index contributed by atoms with van der Waals surface area (Å²) in [5, 5.41) is 0.374. The van der Waals surface area contributed by atoms with Crippen molar-refractivity contribution >= 4 is 23.2 Å². The number of hydroxylamine groups is 1. The highest BCUT2D eigenvalue weighted by atomic mass is 35.5. The number of nitrogen functional groups attached to an aromatic ring is 1. The van der Waals surface area contributed by atoms with Crippen molar-refractivity contribution < 1.29 is 9.63 Å². The van der Waals surface area contributed by atoms with Crippen LogP contribution in [0.15, 0.2) is 18.2 Å². The SMILES string of the molecule is Nc1ccc(C(=O)NOC2CCCC2)cc1Cl. The maximum absolute atomic E-state index is 11.7. The number of amides is 1. The molecule has 2 rings (SSSR count). The third-order valence-electron chi connectivity index (χ3n) is 2.88. The van der Waals surface area contributed by atoms with Crippen LogP contribution in [0.5, 0.6) is 0 Å². The Morgan fingerprint density at radius 1 is 1.41 bits per heavy atom. The van der Waals surface area contributed by atoms with Gasteiger partial charge < -0.3 is 5.73 Å². The van der Waals surface area contributed by atoms with Crippen molar-refractivity contribution in [3.63, 3.8) is 0 Å². The molecule has 1 fully saturated rings. The van der Waals surface area contributed by atoms with E-state index in [0.717, 1.165) is 25.7 Å². The van der Waals surface area contributed by atoms with E-state index < -0.39 is 0 Å². The lowest BCUT2D eigenvalue weighted by Gasteiger charge is -2.11. The van der Waals surface area contributed by atoms with E-state index in [1.165, 1.54) is 6.07 Å². The molecular weight excluding hydrogens is 240 g/mol. The summed E-state index contributed by atoms with van der Waals surface area (Å²) in [6.45, 7) is 0. The molecule has 5 heteroatoms. The maximum Gasteiger partial charge on any atom is 0.274 e. The first-order chi connectivity index (χ1) is 8.16. The second kappa shape index (κ2) is 5.38. The molecule has 1 aromatic rings. The Hall–Kier alpha value is -1.26. The average molecular weight is 255 g/mol. The zero-order chi connectivity index (χ0) is 12.3. The Morgan fingerprint density at radius 2 is 2.12 bits per heavy atom. The first kappa shape index (κ1) is 12.2. The number of rotatable bonds is 3. The van der Waals surface area contributed by atoms with E-state index in [1.807, 2.05) is 0 Å². The Balaban J connectivity index is 1.92. The summed E-state index contributed by atoms with van der Waals surface area (Å²) in [5.74, 6) is -0.293. The molecule has 0 radical (unpaired) electrons. The summed E-state index contributed by atoms with van der Waals surface area (Å²) in [7, 11) is 0. The molecule has 1 aromatic carbocycles. The zero-order valence-electron chi connectivity index (χ0n) is 9.41. The quantitative estimate of drug-likeness (QED) is 0.644. The molecule has 0 aromatic heterocycles. The number of nitrogens with one attached hydrogen (secondary N) is 1. The Kier molecular flexibility index (Phi) is 3.86. The smallest absolute Gasteiger partial charge is 0.274 e. The van der Waals surface area contributed by atoms with Crippen LogP contribution in [-0.2, 0) is 4.84 Å². The van der Waals surface area contributed by atoms with Crippen LogP contribution in [0, 0.1) is 0 Å². The third-order valence-corrected chi connectivity index (χ3v) is 3.21. The van der Waals surface area contributed by atoms with Gasteiger partial charge in [-0.15, -0.1) is 0 Å². The summed E-state index contributed by atoms with van der Waals surface area (Å²) >= 11 is 5.84. The predicted molar refractivity (Wildman–Crippen MR) is 66.7 cm³/mol. The Bertz CT molecular complexity index is 417. The molecule has 1 saturated carbocycles. The second-order valence-electron chi connectivity index (χ2n) is 4.19. The Morgan fingerprint density at radius 3 is 2.76 bits per heavy atom. The molecule has 1 amide bonds. The summed E-state index contributed by atoms with van der Waals surface area (Å²) < 4.78 is 0. The molecule has 0 heterocycles. The number of nitrogens with two attached hydrogens (primary N) is 1. The number of halogens is 1. The lowest BCUT2D eigenvalue weighted by molar-refractivity contribution is -0.0124. The van der Waals surface area contributed by atoms with E-state index >= 15 is 0 Å². The summed E-state index contributed by atoms with van der Waals surface area (Å²) in [6, 6.07) is 4.76. The number of hydrogen-bond donors (Lipinski definition) is 2. The summed E-state index contributed by atoms with van der Waals surface area (Å²) in [6.07, 6.45) is 4.47. The number of carbonyl (C=O) groups is 1. The van der Waals surface area contributed by atoms with Crippen LogP contribution in [0.1, 0.15) is 36.0 Å². The normalized spacial score (nSPS) is 16.1. The summed E-state index contributed by atoms with van der Waals surface area (Å²) in [4.78, 5) is 17.0. The van der Waals surface area contributed by atoms with Crippen molar-refractivity contribution in [3.8, 4) is 0 Å². The minimum Gasteiger partial charge on any atom is -0.398 e. The van der Waals surface area contributed by atoms with Crippen molar-refractivity contribution in [3.05, 3.63) is 28.8 Å². The van der Waals surface area contributed by atoms with Gasteiger partial charge in [0.15, 0.2) is 0 Å². The Labute approximate surface area is 105 Å². The molecular formula is C12H15ClN2O2. The molecule has 0 atom stereocenters. The molecule has 0 bridgehead atoms. The van der Waals surface area contributed by atoms with E-state index in [4.69, 9.17) is 22.2 Å². The van der Waals surface area contributed by atoms with Gasteiger partial charge in [-0.25, -0.2) is 5.48 Å². The molecule has 0 aliphatic heterocycles. The van der Waals surface area contributed by atoms with Crippen LogP contribution in [0.3, 0.4) is 0 Å². The standard InChI is InChI=1S/C12H15ClN2O2/c13-10-7-8(5-6-11(10)14)12(16)15-17-9-3-1-2-4-9/h5-7,9H,1-4,14H2,(H,15,16). The predicted octanol–water partition coefficient (Wildman–Crippen LogP) is 2.53. The van der Waals surface area contributed by atoms with Crippen molar-refractivity contribution in [2.45, 2.75) is 31.8 Å². The van der Waals surface area contributed by atoms with Gasteiger partial charge in [0.25, 0.3) is 5.91 Å². The minimum absolute atomic E-state index is 0.142. The highest BCUT2D eigenvalue weighted by Crippen LogP contribution is 2.21. The van der Waals surface area contributed by atoms with Crippen LogP contribution in [-0.4, -0.2) is 12.0 Å². The zero-order valence-corrected chi connectivity index (χ0v) is 10.2. The van der Waals surface area contributed by atoms with Gasteiger partial charge in [-0.3, -0.25) is 9.63 Å². The molecule has 0 spiro atoms. The van der Waals surface area contributed by atoms with Gasteiger partial charge in [0.1, 0.15) is 0 Å². The fourth-order valence-electron chi connectivity index (χ4n) is 1.87. The van der Waals surface area contributed by atoms with Crippen LogP contribution in [0.2, 0.25) is 5.02 Å². The van der Waals surface area contributed by atoms with E-state index in [9.17, 15) is 4.79 Å². The van der Waals surface area contributed by atoms with Gasteiger partial charge in [0.2, 0.25) is 0 Å². The van der Waals surface area contributed by atoms with Crippen LogP contribution in [0.4, 0.5) is 5.69 Å². The van der Waals surface area contributed by atoms with Gasteiger partial charge in [-0.2, -0.15) is 0 Å². The monoisotopic (exact) mass is 254 g/mol. The van der Waals surface area contributed by atoms with Crippen LogP contribution < -0.4 is 11.2 Å². The lowest BCUT2D eigenvalue weighted by atomic mass is 10.2. The first-order valence-electron chi connectivity index (χ1n) is 5.68. The number of hydrogen-bond acceptors (Lipinski definition) is 3.